The predicted molar refractivity (Wildman–Crippen MR) is 77.5 cm³/mol. The van der Waals surface area contributed by atoms with Gasteiger partial charge in [0.25, 0.3) is 0 Å². The van der Waals surface area contributed by atoms with Crippen LogP contribution in [0, 0.1) is 0 Å². The van der Waals surface area contributed by atoms with Crippen LogP contribution in [-0.2, 0) is 11.2 Å². The third-order valence-corrected chi connectivity index (χ3v) is 3.78. The molecule has 0 aliphatic heterocycles. The fourth-order valence-electron chi connectivity index (χ4n) is 1.80. The van der Waals surface area contributed by atoms with Crippen LogP contribution in [0.2, 0.25) is 5.02 Å². The number of aliphatic carboxylic acids is 1. The van der Waals surface area contributed by atoms with E-state index in [1.165, 1.54) is 6.20 Å². The molecule has 2 rings (SSSR count). The zero-order chi connectivity index (χ0) is 13.8. The molecule has 5 heteroatoms. The van der Waals surface area contributed by atoms with Crippen molar-refractivity contribution in [2.75, 3.05) is 0 Å². The molecule has 0 saturated carbocycles. The second-order valence-electron chi connectivity index (χ2n) is 4.09. The second-order valence-corrected chi connectivity index (χ2v) is 5.38. The quantitative estimate of drug-likeness (QED) is 0.918. The number of pyridine rings is 1. The Bertz CT molecular complexity index is 586. The van der Waals surface area contributed by atoms with Gasteiger partial charge in [0, 0.05) is 10.7 Å². The monoisotopic (exact) mass is 339 g/mol. The van der Waals surface area contributed by atoms with Crippen LogP contribution in [-0.4, -0.2) is 16.1 Å². The van der Waals surface area contributed by atoms with E-state index in [0.717, 1.165) is 10.0 Å². The molecule has 1 aromatic carbocycles. The second kappa shape index (κ2) is 6.17. The van der Waals surface area contributed by atoms with Gasteiger partial charge in [-0.3, -0.25) is 9.78 Å². The largest absolute Gasteiger partial charge is 0.481 e. The Morgan fingerprint density at radius 3 is 2.63 bits per heavy atom. The normalized spacial score (nSPS) is 12.1. The Balaban J connectivity index is 2.29. The van der Waals surface area contributed by atoms with Crippen molar-refractivity contribution < 1.29 is 9.90 Å². The third kappa shape index (κ3) is 3.55. The molecule has 2 aromatic rings. The highest BCUT2D eigenvalue weighted by atomic mass is 79.9. The first-order valence-electron chi connectivity index (χ1n) is 5.65. The van der Waals surface area contributed by atoms with Crippen LogP contribution < -0.4 is 0 Å². The highest BCUT2D eigenvalue weighted by Gasteiger charge is 2.22. The zero-order valence-corrected chi connectivity index (χ0v) is 12.2. The summed E-state index contributed by atoms with van der Waals surface area (Å²) < 4.78 is 0.898. The van der Waals surface area contributed by atoms with E-state index in [9.17, 15) is 9.90 Å². The molecule has 0 spiro atoms. The molecule has 1 atom stereocenters. The summed E-state index contributed by atoms with van der Waals surface area (Å²) in [7, 11) is 0. The third-order valence-electron chi connectivity index (χ3n) is 2.79. The van der Waals surface area contributed by atoms with Crippen molar-refractivity contribution >= 4 is 33.5 Å². The Kier molecular flexibility index (Phi) is 4.56. The smallest absolute Gasteiger partial charge is 0.312 e. The summed E-state index contributed by atoms with van der Waals surface area (Å²) in [4.78, 5) is 15.5. The molecule has 0 aliphatic carbocycles. The van der Waals surface area contributed by atoms with Gasteiger partial charge in [-0.15, -0.1) is 0 Å². The molecule has 3 nitrogen and oxygen atoms in total. The number of carboxylic acids is 1. The molecule has 1 heterocycles. The van der Waals surface area contributed by atoms with E-state index in [0.29, 0.717) is 17.1 Å². The lowest BCUT2D eigenvalue weighted by molar-refractivity contribution is -0.138. The van der Waals surface area contributed by atoms with Gasteiger partial charge in [-0.05, 0) is 30.2 Å². The Labute approximate surface area is 124 Å². The maximum Gasteiger partial charge on any atom is 0.312 e. The van der Waals surface area contributed by atoms with Crippen LogP contribution in [0.4, 0.5) is 0 Å². The molecule has 0 radical (unpaired) electrons. The summed E-state index contributed by atoms with van der Waals surface area (Å²) >= 11 is 9.19. The minimum atomic E-state index is -0.898. The molecule has 1 N–H and O–H groups in total. The zero-order valence-electron chi connectivity index (χ0n) is 9.88. The van der Waals surface area contributed by atoms with Gasteiger partial charge in [0.05, 0.1) is 10.7 Å². The number of hydrogen-bond acceptors (Lipinski definition) is 2. The summed E-state index contributed by atoms with van der Waals surface area (Å²) in [5.74, 6) is -1.58. The molecule has 0 aliphatic rings. The van der Waals surface area contributed by atoms with Crippen molar-refractivity contribution in [2.45, 2.75) is 12.3 Å². The summed E-state index contributed by atoms with van der Waals surface area (Å²) in [6, 6.07) is 10.9. The number of aromatic nitrogens is 1. The lowest BCUT2D eigenvalue weighted by Crippen LogP contribution is -2.16. The summed E-state index contributed by atoms with van der Waals surface area (Å²) in [6.45, 7) is 0. The molecule has 98 valence electrons. The molecule has 0 amide bonds. The minimum absolute atomic E-state index is 0.380. The van der Waals surface area contributed by atoms with Crippen LogP contribution in [0.15, 0.2) is 47.1 Å². The van der Waals surface area contributed by atoms with Crippen LogP contribution in [0.25, 0.3) is 0 Å². The first-order chi connectivity index (χ1) is 9.08. The standard InChI is InChI=1S/C14H11BrClNO2/c15-12-4-2-1-3-9(12)7-11(14(18)19)13-6-5-10(16)8-17-13/h1-6,8,11H,7H2,(H,18,19). The average molecular weight is 341 g/mol. The highest BCUT2D eigenvalue weighted by molar-refractivity contribution is 9.10. The summed E-state index contributed by atoms with van der Waals surface area (Å²) in [5.41, 5.74) is 1.44. The Hall–Kier alpha value is -1.39. The van der Waals surface area contributed by atoms with E-state index in [1.54, 1.807) is 12.1 Å². The SMILES string of the molecule is O=C(O)C(Cc1ccccc1Br)c1ccc(Cl)cn1. The van der Waals surface area contributed by atoms with Gasteiger partial charge in [0.15, 0.2) is 0 Å². The van der Waals surface area contributed by atoms with Crippen molar-refractivity contribution in [2.24, 2.45) is 0 Å². The fourth-order valence-corrected chi connectivity index (χ4v) is 2.35. The number of carboxylic acid groups (broad SMARTS) is 1. The number of nitrogens with zero attached hydrogens (tertiary/aromatic N) is 1. The fraction of sp³-hybridized carbons (Fsp3) is 0.143. The molecule has 1 aromatic heterocycles. The van der Waals surface area contributed by atoms with Crippen molar-refractivity contribution in [3.8, 4) is 0 Å². The van der Waals surface area contributed by atoms with Crippen LogP contribution in [0.3, 0.4) is 0 Å². The Morgan fingerprint density at radius 1 is 1.32 bits per heavy atom. The average Bonchev–Trinajstić information content (AvgIpc) is 2.39. The van der Waals surface area contributed by atoms with Crippen LogP contribution in [0.5, 0.6) is 0 Å². The van der Waals surface area contributed by atoms with Gasteiger partial charge in [-0.2, -0.15) is 0 Å². The van der Waals surface area contributed by atoms with Crippen molar-refractivity contribution in [1.82, 2.24) is 4.98 Å². The van der Waals surface area contributed by atoms with E-state index in [-0.39, 0.29) is 0 Å². The summed E-state index contributed by atoms with van der Waals surface area (Å²) in [6.07, 6.45) is 1.85. The molecule has 0 saturated heterocycles. The summed E-state index contributed by atoms with van der Waals surface area (Å²) in [5, 5.41) is 9.85. The lowest BCUT2D eigenvalue weighted by Gasteiger charge is -2.13. The van der Waals surface area contributed by atoms with Gasteiger partial charge in [0.2, 0.25) is 0 Å². The molecule has 1 unspecified atom stereocenters. The molecule has 0 fully saturated rings. The van der Waals surface area contributed by atoms with Gasteiger partial charge in [0.1, 0.15) is 5.92 Å². The van der Waals surface area contributed by atoms with E-state index in [1.807, 2.05) is 24.3 Å². The van der Waals surface area contributed by atoms with E-state index in [2.05, 4.69) is 20.9 Å². The first kappa shape index (κ1) is 14.0. The number of halogens is 2. The van der Waals surface area contributed by atoms with Crippen LogP contribution in [0.1, 0.15) is 17.2 Å². The molecular formula is C14H11BrClNO2. The number of benzene rings is 1. The molecule has 0 bridgehead atoms. The van der Waals surface area contributed by atoms with Crippen LogP contribution >= 0.6 is 27.5 Å². The Morgan fingerprint density at radius 2 is 2.05 bits per heavy atom. The maximum atomic E-state index is 11.4. The van der Waals surface area contributed by atoms with Gasteiger partial charge in [-0.25, -0.2) is 0 Å². The van der Waals surface area contributed by atoms with E-state index < -0.39 is 11.9 Å². The van der Waals surface area contributed by atoms with Crippen molar-refractivity contribution in [3.63, 3.8) is 0 Å². The highest BCUT2D eigenvalue weighted by Crippen LogP contribution is 2.25. The number of rotatable bonds is 4. The van der Waals surface area contributed by atoms with Crippen molar-refractivity contribution in [1.29, 1.82) is 0 Å². The minimum Gasteiger partial charge on any atom is -0.481 e. The topological polar surface area (TPSA) is 50.2 Å². The predicted octanol–water partition coefficient (Wildman–Crippen LogP) is 3.91. The van der Waals surface area contributed by atoms with Crippen molar-refractivity contribution in [3.05, 3.63) is 63.3 Å². The van der Waals surface area contributed by atoms with E-state index >= 15 is 0 Å². The maximum absolute atomic E-state index is 11.4. The number of carbonyl (C=O) groups is 1. The molecular weight excluding hydrogens is 330 g/mol. The number of hydrogen-bond donors (Lipinski definition) is 1. The molecule has 19 heavy (non-hydrogen) atoms. The van der Waals surface area contributed by atoms with Gasteiger partial charge in [-0.1, -0.05) is 45.7 Å². The van der Waals surface area contributed by atoms with Gasteiger partial charge >= 0.3 is 5.97 Å². The van der Waals surface area contributed by atoms with E-state index in [4.69, 9.17) is 11.6 Å². The van der Waals surface area contributed by atoms with Gasteiger partial charge < -0.3 is 5.11 Å². The first-order valence-corrected chi connectivity index (χ1v) is 6.82. The lowest BCUT2D eigenvalue weighted by atomic mass is 9.96.